The summed E-state index contributed by atoms with van der Waals surface area (Å²) in [7, 11) is -1.30. The molecule has 0 aliphatic heterocycles. The molecule has 220 valence electrons. The third kappa shape index (κ3) is 5.16. The Kier molecular flexibility index (Phi) is 8.09. The largest absolute Gasteiger partial charge is 0.345 e. The van der Waals surface area contributed by atoms with Crippen molar-refractivity contribution in [1.82, 2.24) is 14.7 Å². The van der Waals surface area contributed by atoms with E-state index in [2.05, 4.69) is 25.2 Å². The van der Waals surface area contributed by atoms with Crippen LogP contribution in [0.15, 0.2) is 82.5 Å². The Morgan fingerprint density at radius 1 is 1.05 bits per heavy atom. The average molecular weight is 607 g/mol. The molecule has 1 N–H and O–H groups in total. The predicted molar refractivity (Wildman–Crippen MR) is 166 cm³/mol. The number of carbonyl (C=O) groups excluding carboxylic acids is 1. The number of aromatic nitrogens is 2. The van der Waals surface area contributed by atoms with E-state index in [-0.39, 0.29) is 39.0 Å². The molecule has 1 aliphatic rings. The van der Waals surface area contributed by atoms with Crippen LogP contribution < -0.4 is 15.2 Å². The van der Waals surface area contributed by atoms with Gasteiger partial charge in [-0.15, -0.1) is 0 Å². The molecule has 1 amide bonds. The molecule has 0 bridgehead atoms. The lowest BCUT2D eigenvalue weighted by Crippen LogP contribution is -2.38. The molecule has 42 heavy (non-hydrogen) atoms. The lowest BCUT2D eigenvalue weighted by atomic mass is 9.74. The molecule has 0 saturated carbocycles. The summed E-state index contributed by atoms with van der Waals surface area (Å²) in [6, 6.07) is 21.1. The molecule has 1 aliphatic carbocycles. The second-order valence-corrected chi connectivity index (χ2v) is 13.5. The van der Waals surface area contributed by atoms with Gasteiger partial charge in [0.05, 0.1) is 22.4 Å². The number of hydrogen-bond donors (Lipinski definition) is 1. The van der Waals surface area contributed by atoms with Gasteiger partial charge in [-0.1, -0.05) is 67.9 Å². The van der Waals surface area contributed by atoms with E-state index in [0.29, 0.717) is 17.3 Å². The summed E-state index contributed by atoms with van der Waals surface area (Å²) in [5, 5.41) is 3.14. The Balaban J connectivity index is 1.50. The van der Waals surface area contributed by atoms with Crippen molar-refractivity contribution in [3.05, 3.63) is 111 Å². The van der Waals surface area contributed by atoms with Crippen molar-refractivity contribution in [3.8, 4) is 5.69 Å². The van der Waals surface area contributed by atoms with Gasteiger partial charge >= 0.3 is 0 Å². The van der Waals surface area contributed by atoms with E-state index in [9.17, 15) is 18.0 Å². The van der Waals surface area contributed by atoms with E-state index >= 15 is 0 Å². The molecule has 0 saturated heterocycles. The minimum Gasteiger partial charge on any atom is -0.345 e. The van der Waals surface area contributed by atoms with E-state index in [1.54, 1.807) is 42.9 Å². The monoisotopic (exact) mass is 606 g/mol. The van der Waals surface area contributed by atoms with E-state index in [4.69, 9.17) is 11.6 Å². The first-order chi connectivity index (χ1) is 19.9. The summed E-state index contributed by atoms with van der Waals surface area (Å²) in [4.78, 5) is 26.9. The van der Waals surface area contributed by atoms with Crippen molar-refractivity contribution in [1.29, 1.82) is 0 Å². The SMILES string of the molecule is Cc1c(N(C)S(=O)(=O)c2cc(C(=O)NC3c4ccccc4CCC3C(C)C)ccc2Cl)c(=O)n(-c2ccccc2)n1C. The van der Waals surface area contributed by atoms with Gasteiger partial charge in [-0.25, -0.2) is 13.1 Å². The number of anilines is 1. The van der Waals surface area contributed by atoms with Crippen molar-refractivity contribution in [2.24, 2.45) is 18.9 Å². The molecule has 0 radical (unpaired) electrons. The predicted octanol–water partition coefficient (Wildman–Crippen LogP) is 5.65. The number of sulfonamides is 1. The Hall–Kier alpha value is -3.82. The Morgan fingerprint density at radius 2 is 1.71 bits per heavy atom. The van der Waals surface area contributed by atoms with Crippen LogP contribution in [0.5, 0.6) is 0 Å². The Bertz CT molecular complexity index is 1810. The second-order valence-electron chi connectivity index (χ2n) is 11.1. The molecule has 2 unspecified atom stereocenters. The van der Waals surface area contributed by atoms with Crippen LogP contribution in [-0.2, 0) is 23.5 Å². The number of amides is 1. The van der Waals surface area contributed by atoms with Gasteiger partial charge in [0.15, 0.2) is 0 Å². The first-order valence-corrected chi connectivity index (χ1v) is 15.8. The Labute approximate surface area is 251 Å². The van der Waals surface area contributed by atoms with Crippen LogP contribution >= 0.6 is 11.6 Å². The number of hydrogen-bond acceptors (Lipinski definition) is 4. The lowest BCUT2D eigenvalue weighted by molar-refractivity contribution is 0.0904. The van der Waals surface area contributed by atoms with Crippen molar-refractivity contribution < 1.29 is 13.2 Å². The number of carbonyl (C=O) groups is 1. The van der Waals surface area contributed by atoms with E-state index < -0.39 is 15.6 Å². The highest BCUT2D eigenvalue weighted by Gasteiger charge is 2.34. The third-order valence-corrected chi connectivity index (χ3v) is 10.6. The smallest absolute Gasteiger partial charge is 0.296 e. The van der Waals surface area contributed by atoms with E-state index in [0.717, 1.165) is 22.7 Å². The van der Waals surface area contributed by atoms with Gasteiger partial charge in [0.25, 0.3) is 21.5 Å². The van der Waals surface area contributed by atoms with Gasteiger partial charge < -0.3 is 5.32 Å². The molecule has 3 aromatic carbocycles. The molecule has 4 aromatic rings. The zero-order chi connectivity index (χ0) is 30.3. The highest BCUT2D eigenvalue weighted by atomic mass is 35.5. The van der Waals surface area contributed by atoms with Crippen molar-refractivity contribution in [3.63, 3.8) is 0 Å². The normalized spacial score (nSPS) is 16.7. The average Bonchev–Trinajstić information content (AvgIpc) is 3.20. The fourth-order valence-corrected chi connectivity index (χ4v) is 7.69. The summed E-state index contributed by atoms with van der Waals surface area (Å²) >= 11 is 6.43. The van der Waals surface area contributed by atoms with Crippen molar-refractivity contribution in [2.75, 3.05) is 11.4 Å². The van der Waals surface area contributed by atoms with E-state index in [1.807, 2.05) is 24.3 Å². The first-order valence-electron chi connectivity index (χ1n) is 13.9. The van der Waals surface area contributed by atoms with Gasteiger partial charge in [0, 0.05) is 19.7 Å². The summed E-state index contributed by atoms with van der Waals surface area (Å²) < 4.78 is 31.8. The number of aryl methyl sites for hydroxylation is 1. The van der Waals surface area contributed by atoms with Crippen molar-refractivity contribution in [2.45, 2.75) is 44.6 Å². The summed E-state index contributed by atoms with van der Waals surface area (Å²) in [5.74, 6) is 0.186. The number of halogens is 1. The van der Waals surface area contributed by atoms with Gasteiger partial charge in [0.2, 0.25) is 0 Å². The second kappa shape index (κ2) is 11.5. The number of rotatable bonds is 7. The molecule has 0 spiro atoms. The van der Waals surface area contributed by atoms with Gasteiger partial charge in [0.1, 0.15) is 10.6 Å². The highest BCUT2D eigenvalue weighted by molar-refractivity contribution is 7.93. The molecule has 5 rings (SSSR count). The molecular weight excluding hydrogens is 572 g/mol. The molecule has 2 atom stereocenters. The first kappa shape index (κ1) is 29.7. The van der Waals surface area contributed by atoms with Crippen LogP contribution in [0.25, 0.3) is 5.69 Å². The van der Waals surface area contributed by atoms with Crippen molar-refractivity contribution >= 4 is 33.2 Å². The third-order valence-electron chi connectivity index (χ3n) is 8.38. The summed E-state index contributed by atoms with van der Waals surface area (Å²) in [6.07, 6.45) is 1.90. The van der Waals surface area contributed by atoms with Gasteiger partial charge in [-0.2, -0.15) is 0 Å². The number of nitrogens with one attached hydrogen (secondary N) is 1. The zero-order valence-electron chi connectivity index (χ0n) is 24.3. The summed E-state index contributed by atoms with van der Waals surface area (Å²) in [6.45, 7) is 5.98. The van der Waals surface area contributed by atoms with Crippen LogP contribution in [0.1, 0.15) is 53.5 Å². The number of para-hydroxylation sites is 1. The lowest BCUT2D eigenvalue weighted by Gasteiger charge is -2.36. The summed E-state index contributed by atoms with van der Waals surface area (Å²) in [5.41, 5.74) is 3.02. The van der Waals surface area contributed by atoms with Crippen LogP contribution in [0.4, 0.5) is 5.69 Å². The molecule has 1 heterocycles. The zero-order valence-corrected chi connectivity index (χ0v) is 25.9. The maximum atomic E-state index is 13.9. The molecular formula is C32H35ClN4O4S. The van der Waals surface area contributed by atoms with Crippen LogP contribution in [-0.4, -0.2) is 30.7 Å². The van der Waals surface area contributed by atoms with Crippen LogP contribution in [0, 0.1) is 18.8 Å². The minimum atomic E-state index is -4.32. The number of fused-ring (bicyclic) bond motifs is 1. The molecule has 10 heteroatoms. The standard InChI is InChI=1S/C32H35ClN4O4S/c1-20(2)25-17-15-22-11-9-10-14-26(22)29(25)34-31(38)23-16-18-27(33)28(19-23)42(40,41)36(5)30-21(3)35(4)37(32(30)39)24-12-7-6-8-13-24/h6-14,16,18-20,25,29H,15,17H2,1-5H3,(H,34,38). The number of benzene rings is 3. The van der Waals surface area contributed by atoms with Gasteiger partial charge in [-0.05, 0) is 73.1 Å². The maximum Gasteiger partial charge on any atom is 0.296 e. The van der Waals surface area contributed by atoms with Crippen LogP contribution in [0.2, 0.25) is 5.02 Å². The topological polar surface area (TPSA) is 93.4 Å². The van der Waals surface area contributed by atoms with Gasteiger partial charge in [-0.3, -0.25) is 18.6 Å². The molecule has 0 fully saturated rings. The number of nitrogens with zero attached hydrogens (tertiary/aromatic N) is 3. The quantitative estimate of drug-likeness (QED) is 0.294. The minimum absolute atomic E-state index is 0.00846. The van der Waals surface area contributed by atoms with E-state index in [1.165, 1.54) is 35.5 Å². The highest BCUT2D eigenvalue weighted by Crippen LogP contribution is 2.39. The van der Waals surface area contributed by atoms with Crippen LogP contribution in [0.3, 0.4) is 0 Å². The molecule has 8 nitrogen and oxygen atoms in total. The molecule has 1 aromatic heterocycles. The fourth-order valence-electron chi connectivity index (χ4n) is 5.94. The fraction of sp³-hybridized carbons (Fsp3) is 0.312. The Morgan fingerprint density at radius 3 is 2.40 bits per heavy atom. The maximum absolute atomic E-state index is 13.9.